The molecule has 0 saturated carbocycles. The third-order valence-corrected chi connectivity index (χ3v) is 3.97. The van der Waals surface area contributed by atoms with Gasteiger partial charge >= 0.3 is 0 Å². The van der Waals surface area contributed by atoms with Crippen molar-refractivity contribution >= 4 is 16.0 Å². The number of carbonyl (C=O) groups is 1. The quantitative estimate of drug-likeness (QED) is 0.826. The first-order chi connectivity index (χ1) is 10.4. The van der Waals surface area contributed by atoms with E-state index >= 15 is 0 Å². The van der Waals surface area contributed by atoms with Crippen molar-refractivity contribution in [3.63, 3.8) is 0 Å². The number of nitrogens with one attached hydrogen (secondary N) is 1. The van der Waals surface area contributed by atoms with Crippen LogP contribution in [0.25, 0.3) is 0 Å². The van der Waals surface area contributed by atoms with Crippen molar-refractivity contribution in [1.29, 1.82) is 0 Å². The van der Waals surface area contributed by atoms with Gasteiger partial charge in [-0.15, -0.1) is 0 Å². The number of benzene rings is 2. The molecule has 0 saturated heterocycles. The second-order valence-corrected chi connectivity index (χ2v) is 5.98. The van der Waals surface area contributed by atoms with E-state index < -0.39 is 32.7 Å². The van der Waals surface area contributed by atoms with E-state index in [1.807, 2.05) is 0 Å². The van der Waals surface area contributed by atoms with E-state index in [2.05, 4.69) is 5.32 Å². The molecular weight excluding hydrogens is 309 g/mol. The van der Waals surface area contributed by atoms with Crippen molar-refractivity contribution in [2.75, 3.05) is 0 Å². The fourth-order valence-corrected chi connectivity index (χ4v) is 2.75. The number of hydrogen-bond acceptors (Lipinski definition) is 3. The molecule has 2 aromatic carbocycles. The minimum atomic E-state index is -4.82. The van der Waals surface area contributed by atoms with Gasteiger partial charge in [0.2, 0.25) is 5.91 Å². The lowest BCUT2D eigenvalue weighted by molar-refractivity contribution is -0.120. The van der Waals surface area contributed by atoms with Gasteiger partial charge in [0.15, 0.2) is 5.25 Å². The molecule has 0 aliphatic rings. The molecule has 115 valence electrons. The number of halogens is 1. The first-order valence-electron chi connectivity index (χ1n) is 6.29. The van der Waals surface area contributed by atoms with Crippen molar-refractivity contribution in [3.05, 3.63) is 78.1 Å². The largest absolute Gasteiger partial charge is 0.345 e. The Bertz CT molecular complexity index is 762. The lowest BCUT2D eigenvalue weighted by Gasteiger charge is -2.15. The van der Waals surface area contributed by atoms with Crippen LogP contribution in [0.3, 0.4) is 0 Å². The smallest absolute Gasteiger partial charge is 0.281 e. The van der Waals surface area contributed by atoms with Gasteiger partial charge in [-0.1, -0.05) is 48.5 Å². The molecule has 7 heteroatoms. The van der Waals surface area contributed by atoms with Crippen LogP contribution in [0, 0.1) is 12.4 Å². The average Bonchev–Trinajstić information content (AvgIpc) is 2.47. The summed E-state index contributed by atoms with van der Waals surface area (Å²) in [5.74, 6) is -1.93. The fraction of sp³-hybridized carbons (Fsp3) is 0.0667. The maximum absolute atomic E-state index is 13.7. The Morgan fingerprint density at radius 3 is 2.27 bits per heavy atom. The molecule has 0 fully saturated rings. The van der Waals surface area contributed by atoms with E-state index in [9.17, 15) is 22.2 Å². The minimum absolute atomic E-state index is 0.413. The van der Waals surface area contributed by atoms with E-state index in [0.29, 0.717) is 5.56 Å². The molecule has 0 spiro atoms. The first kappa shape index (κ1) is 16.1. The summed E-state index contributed by atoms with van der Waals surface area (Å²) in [6.07, 6.45) is 0. The SMILES string of the molecule is O=C(N[CH]c1ccccc1)C(c1ccccc1F)S(=O)(=O)O. The Kier molecular flexibility index (Phi) is 4.89. The summed E-state index contributed by atoms with van der Waals surface area (Å²) < 4.78 is 45.9. The molecule has 1 radical (unpaired) electrons. The lowest BCUT2D eigenvalue weighted by Crippen LogP contribution is -2.33. The van der Waals surface area contributed by atoms with Gasteiger partial charge in [0.05, 0.1) is 6.54 Å². The molecule has 0 aliphatic heterocycles. The molecule has 1 unspecified atom stereocenters. The summed E-state index contributed by atoms with van der Waals surface area (Å²) in [5, 5.41) is 0.228. The summed E-state index contributed by atoms with van der Waals surface area (Å²) in [6.45, 7) is 1.28. The Labute approximate surface area is 127 Å². The highest BCUT2D eigenvalue weighted by Gasteiger charge is 2.34. The fourth-order valence-electron chi connectivity index (χ4n) is 1.90. The number of amides is 1. The van der Waals surface area contributed by atoms with Crippen molar-refractivity contribution in [3.8, 4) is 0 Å². The third kappa shape index (κ3) is 3.90. The van der Waals surface area contributed by atoms with E-state index in [-0.39, 0.29) is 0 Å². The van der Waals surface area contributed by atoms with Gasteiger partial charge in [0.1, 0.15) is 5.82 Å². The van der Waals surface area contributed by atoms with Crippen molar-refractivity contribution < 1.29 is 22.2 Å². The van der Waals surface area contributed by atoms with Crippen LogP contribution in [0.5, 0.6) is 0 Å². The van der Waals surface area contributed by atoms with E-state index in [0.717, 1.165) is 12.1 Å². The monoisotopic (exact) mass is 322 g/mol. The second-order valence-electron chi connectivity index (χ2n) is 4.48. The molecular formula is C15H13FNO4S. The van der Waals surface area contributed by atoms with E-state index in [1.54, 1.807) is 30.3 Å². The first-order valence-corrected chi connectivity index (χ1v) is 7.79. The standard InChI is InChI=1S/C15H13FNO4S/c16-13-9-5-4-8-12(13)14(22(19,20)21)15(18)17-10-11-6-2-1-3-7-11/h1-10,14H,(H,17,18)(H,19,20,21). The van der Waals surface area contributed by atoms with Crippen LogP contribution in [0.4, 0.5) is 4.39 Å². The maximum atomic E-state index is 13.7. The zero-order valence-electron chi connectivity index (χ0n) is 11.3. The van der Waals surface area contributed by atoms with Crippen LogP contribution in [0.2, 0.25) is 0 Å². The van der Waals surface area contributed by atoms with Gasteiger partial charge in [-0.25, -0.2) is 4.39 Å². The molecule has 2 aromatic rings. The topological polar surface area (TPSA) is 83.5 Å². The Hall–Kier alpha value is -2.25. The second kappa shape index (κ2) is 6.67. The molecule has 2 rings (SSSR count). The molecule has 2 N–H and O–H groups in total. The van der Waals surface area contributed by atoms with Crippen molar-refractivity contribution in [1.82, 2.24) is 5.32 Å². The number of hydrogen-bond donors (Lipinski definition) is 2. The predicted molar refractivity (Wildman–Crippen MR) is 78.7 cm³/mol. The normalized spacial score (nSPS) is 12.6. The van der Waals surface area contributed by atoms with Crippen molar-refractivity contribution in [2.24, 2.45) is 0 Å². The summed E-state index contributed by atoms with van der Waals surface area (Å²) in [4.78, 5) is 12.1. The number of carbonyl (C=O) groups excluding carboxylic acids is 1. The van der Waals surface area contributed by atoms with Crippen LogP contribution >= 0.6 is 0 Å². The summed E-state index contributed by atoms with van der Waals surface area (Å²) in [7, 11) is -4.82. The highest BCUT2D eigenvalue weighted by molar-refractivity contribution is 7.86. The van der Waals surface area contributed by atoms with Gasteiger partial charge in [0, 0.05) is 5.56 Å². The van der Waals surface area contributed by atoms with Crippen molar-refractivity contribution in [2.45, 2.75) is 5.25 Å². The number of rotatable bonds is 5. The molecule has 0 heterocycles. The molecule has 22 heavy (non-hydrogen) atoms. The third-order valence-electron chi connectivity index (χ3n) is 2.90. The lowest BCUT2D eigenvalue weighted by atomic mass is 10.1. The van der Waals surface area contributed by atoms with E-state index in [4.69, 9.17) is 0 Å². The molecule has 5 nitrogen and oxygen atoms in total. The Morgan fingerprint density at radius 1 is 1.09 bits per heavy atom. The highest BCUT2D eigenvalue weighted by Crippen LogP contribution is 2.24. The molecule has 0 aromatic heterocycles. The Balaban J connectivity index is 2.24. The summed E-state index contributed by atoms with van der Waals surface area (Å²) in [6, 6.07) is 13.5. The highest BCUT2D eigenvalue weighted by atomic mass is 32.2. The molecule has 0 aliphatic carbocycles. The van der Waals surface area contributed by atoms with Gasteiger partial charge < -0.3 is 5.32 Å². The zero-order chi connectivity index (χ0) is 16.2. The summed E-state index contributed by atoms with van der Waals surface area (Å²) in [5.41, 5.74) is 0.211. The van der Waals surface area contributed by atoms with Crippen LogP contribution in [0.1, 0.15) is 16.4 Å². The van der Waals surface area contributed by atoms with Gasteiger partial charge in [-0.2, -0.15) is 8.42 Å². The maximum Gasteiger partial charge on any atom is 0.281 e. The molecule has 0 bridgehead atoms. The predicted octanol–water partition coefficient (Wildman–Crippen LogP) is 2.08. The molecule has 1 atom stereocenters. The van der Waals surface area contributed by atoms with Gasteiger partial charge in [-0.05, 0) is 11.6 Å². The zero-order valence-corrected chi connectivity index (χ0v) is 12.1. The van der Waals surface area contributed by atoms with Gasteiger partial charge in [0.25, 0.3) is 10.1 Å². The summed E-state index contributed by atoms with van der Waals surface area (Å²) >= 11 is 0. The minimum Gasteiger partial charge on any atom is -0.345 e. The Morgan fingerprint density at radius 2 is 1.68 bits per heavy atom. The van der Waals surface area contributed by atoms with Crippen LogP contribution in [0.15, 0.2) is 54.6 Å². The van der Waals surface area contributed by atoms with Crippen LogP contribution in [-0.2, 0) is 14.9 Å². The van der Waals surface area contributed by atoms with Gasteiger partial charge in [-0.3, -0.25) is 9.35 Å². The van der Waals surface area contributed by atoms with Crippen LogP contribution in [-0.4, -0.2) is 18.9 Å². The molecule has 1 amide bonds. The van der Waals surface area contributed by atoms with Crippen LogP contribution < -0.4 is 5.32 Å². The average molecular weight is 322 g/mol. The van der Waals surface area contributed by atoms with E-state index in [1.165, 1.54) is 18.7 Å².